The van der Waals surface area contributed by atoms with Gasteiger partial charge in [-0.15, -0.1) is 0 Å². The van der Waals surface area contributed by atoms with Crippen molar-refractivity contribution in [2.45, 2.75) is 24.3 Å². The van der Waals surface area contributed by atoms with Crippen LogP contribution in [0.2, 0.25) is 0 Å². The highest BCUT2D eigenvalue weighted by Gasteiger charge is 2.29. The van der Waals surface area contributed by atoms with Gasteiger partial charge in [0.25, 0.3) is 0 Å². The summed E-state index contributed by atoms with van der Waals surface area (Å²) in [6, 6.07) is 3.60. The van der Waals surface area contributed by atoms with Crippen LogP contribution in [0.5, 0.6) is 0 Å². The molecule has 0 saturated carbocycles. The summed E-state index contributed by atoms with van der Waals surface area (Å²) in [5.74, 6) is 0.112. The van der Waals surface area contributed by atoms with Crippen LogP contribution in [-0.2, 0) is 10.0 Å². The van der Waals surface area contributed by atoms with E-state index in [-0.39, 0.29) is 21.5 Å². The summed E-state index contributed by atoms with van der Waals surface area (Å²) in [6.45, 7) is 1.81. The van der Waals surface area contributed by atoms with Crippen molar-refractivity contribution < 1.29 is 12.8 Å². The van der Waals surface area contributed by atoms with E-state index in [2.05, 4.69) is 0 Å². The Morgan fingerprint density at radius 1 is 1.52 bits per heavy atom. The summed E-state index contributed by atoms with van der Waals surface area (Å²) in [7, 11) is -2.37. The largest absolute Gasteiger partial charge is 0.389 e. The molecule has 1 unspecified atom stereocenters. The van der Waals surface area contributed by atoms with Gasteiger partial charge in [-0.1, -0.05) is 18.3 Å². The minimum absolute atomic E-state index is 0.187. The number of thiocarbonyl (C=S) groups is 1. The molecule has 0 bridgehead atoms. The van der Waals surface area contributed by atoms with E-state index in [9.17, 15) is 12.8 Å². The fourth-order valence-corrected chi connectivity index (χ4v) is 4.27. The molecular formula is C13H19FN2O2S3. The third-order valence-corrected chi connectivity index (χ3v) is 6.10. The minimum atomic E-state index is -3.85. The quantitative estimate of drug-likeness (QED) is 0.764. The predicted molar refractivity (Wildman–Crippen MR) is 89.7 cm³/mol. The average Bonchev–Trinajstić information content (AvgIpc) is 2.43. The van der Waals surface area contributed by atoms with Crippen LogP contribution >= 0.6 is 24.0 Å². The first-order valence-corrected chi connectivity index (χ1v) is 9.53. The van der Waals surface area contributed by atoms with Gasteiger partial charge in [-0.05, 0) is 37.5 Å². The van der Waals surface area contributed by atoms with Crippen LogP contribution < -0.4 is 5.73 Å². The molecule has 0 saturated heterocycles. The highest BCUT2D eigenvalue weighted by molar-refractivity contribution is 7.98. The number of thioether (sulfide) groups is 1. The summed E-state index contributed by atoms with van der Waals surface area (Å²) in [5, 5.41) is 0. The number of nitrogens with zero attached hydrogens (tertiary/aromatic N) is 1. The molecule has 4 nitrogen and oxygen atoms in total. The molecule has 1 aromatic rings. The molecule has 118 valence electrons. The molecule has 0 aliphatic carbocycles. The summed E-state index contributed by atoms with van der Waals surface area (Å²) in [4.78, 5) is -0.453. The van der Waals surface area contributed by atoms with Crippen LogP contribution in [0, 0.1) is 5.82 Å². The Kier molecular flexibility index (Phi) is 6.58. The third-order valence-electron chi connectivity index (χ3n) is 3.24. The van der Waals surface area contributed by atoms with E-state index in [4.69, 9.17) is 18.0 Å². The molecule has 8 heteroatoms. The lowest BCUT2D eigenvalue weighted by Crippen LogP contribution is -2.36. The molecule has 0 aromatic heterocycles. The van der Waals surface area contributed by atoms with Crippen LogP contribution in [0.1, 0.15) is 18.9 Å². The third kappa shape index (κ3) is 4.15. The van der Waals surface area contributed by atoms with E-state index in [1.807, 2.05) is 13.2 Å². The van der Waals surface area contributed by atoms with Crippen molar-refractivity contribution in [3.05, 3.63) is 29.6 Å². The zero-order chi connectivity index (χ0) is 16.2. The molecule has 2 N–H and O–H groups in total. The van der Waals surface area contributed by atoms with Gasteiger partial charge >= 0.3 is 0 Å². The Hall–Kier alpha value is -0.700. The van der Waals surface area contributed by atoms with E-state index in [1.54, 1.807) is 11.8 Å². The lowest BCUT2D eigenvalue weighted by Gasteiger charge is -2.25. The van der Waals surface area contributed by atoms with Gasteiger partial charge in [0.05, 0.1) is 10.5 Å². The zero-order valence-corrected chi connectivity index (χ0v) is 14.6. The van der Waals surface area contributed by atoms with Gasteiger partial charge in [-0.25, -0.2) is 12.8 Å². The molecule has 1 aromatic carbocycles. The first-order chi connectivity index (χ1) is 9.73. The van der Waals surface area contributed by atoms with Crippen molar-refractivity contribution in [1.29, 1.82) is 0 Å². The van der Waals surface area contributed by atoms with Crippen LogP contribution in [0.3, 0.4) is 0 Å². The Bertz CT molecular complexity index is 620. The fourth-order valence-electron chi connectivity index (χ4n) is 1.82. The topological polar surface area (TPSA) is 63.4 Å². The number of hydrogen-bond acceptors (Lipinski definition) is 4. The Balaban J connectivity index is 3.25. The molecule has 0 fully saturated rings. The Morgan fingerprint density at radius 2 is 2.14 bits per heavy atom. The molecule has 21 heavy (non-hydrogen) atoms. The van der Waals surface area contributed by atoms with Gasteiger partial charge in [0.2, 0.25) is 10.0 Å². The molecule has 0 radical (unpaired) electrons. The van der Waals surface area contributed by atoms with E-state index >= 15 is 0 Å². The van der Waals surface area contributed by atoms with Crippen molar-refractivity contribution in [3.8, 4) is 0 Å². The molecule has 0 aliphatic heterocycles. The summed E-state index contributed by atoms with van der Waals surface area (Å²) >= 11 is 6.42. The lowest BCUT2D eigenvalue weighted by atomic mass is 10.2. The van der Waals surface area contributed by atoms with E-state index in [0.717, 1.165) is 11.8 Å². The molecule has 1 rings (SSSR count). The number of hydrogen-bond donors (Lipinski definition) is 1. The zero-order valence-electron chi connectivity index (χ0n) is 12.2. The summed E-state index contributed by atoms with van der Waals surface area (Å²) < 4.78 is 40.4. The summed E-state index contributed by atoms with van der Waals surface area (Å²) in [5.41, 5.74) is 5.25. The van der Waals surface area contributed by atoms with Crippen LogP contribution in [0.4, 0.5) is 4.39 Å². The van der Waals surface area contributed by atoms with Gasteiger partial charge in [-0.3, -0.25) is 0 Å². The van der Waals surface area contributed by atoms with Crippen LogP contribution in [0.25, 0.3) is 0 Å². The molecular weight excluding hydrogens is 331 g/mol. The maximum atomic E-state index is 13.8. The smallest absolute Gasteiger partial charge is 0.243 e. The number of halogens is 1. The van der Waals surface area contributed by atoms with Gasteiger partial charge in [0.1, 0.15) is 10.8 Å². The second-order valence-electron chi connectivity index (χ2n) is 4.63. The van der Waals surface area contributed by atoms with E-state index in [0.29, 0.717) is 6.42 Å². The fraction of sp³-hybridized carbons (Fsp3) is 0.462. The molecule has 0 amide bonds. The van der Waals surface area contributed by atoms with Crippen LogP contribution in [-0.4, -0.2) is 42.8 Å². The minimum Gasteiger partial charge on any atom is -0.389 e. The first kappa shape index (κ1) is 18.3. The lowest BCUT2D eigenvalue weighted by molar-refractivity contribution is 0.382. The Morgan fingerprint density at radius 3 is 2.67 bits per heavy atom. The highest BCUT2D eigenvalue weighted by atomic mass is 32.2. The summed E-state index contributed by atoms with van der Waals surface area (Å²) in [6.07, 6.45) is 2.66. The predicted octanol–water partition coefficient (Wildman–Crippen LogP) is 2.22. The normalized spacial score (nSPS) is 13.4. The second kappa shape index (κ2) is 7.53. The molecule has 1 atom stereocenters. The molecule has 0 spiro atoms. The monoisotopic (exact) mass is 350 g/mol. The Labute approximate surface area is 134 Å². The van der Waals surface area contributed by atoms with Gasteiger partial charge in [-0.2, -0.15) is 16.1 Å². The van der Waals surface area contributed by atoms with E-state index in [1.165, 1.54) is 23.5 Å². The second-order valence-corrected chi connectivity index (χ2v) is 8.02. The van der Waals surface area contributed by atoms with Crippen molar-refractivity contribution in [1.82, 2.24) is 4.31 Å². The van der Waals surface area contributed by atoms with Gasteiger partial charge in [0.15, 0.2) is 0 Å². The van der Waals surface area contributed by atoms with Crippen molar-refractivity contribution >= 4 is 39.0 Å². The van der Waals surface area contributed by atoms with Crippen LogP contribution in [0.15, 0.2) is 23.1 Å². The SMILES string of the molecule is CSCCC(C)N(C)S(=O)(=O)c1cccc(F)c1C(N)=S. The molecule has 0 aliphatic rings. The van der Waals surface area contributed by atoms with E-state index < -0.39 is 15.8 Å². The van der Waals surface area contributed by atoms with Gasteiger partial charge < -0.3 is 5.73 Å². The first-order valence-electron chi connectivity index (χ1n) is 6.28. The van der Waals surface area contributed by atoms with Gasteiger partial charge in [0, 0.05) is 13.1 Å². The standard InChI is InChI=1S/C13H19FN2O2S3/c1-9(7-8-20-3)16(2)21(17,18)11-6-4-5-10(14)12(11)13(15)19/h4-6,9H,7-8H2,1-3H3,(H2,15,19). The van der Waals surface area contributed by atoms with Crippen molar-refractivity contribution in [2.75, 3.05) is 19.1 Å². The van der Waals surface area contributed by atoms with Crippen molar-refractivity contribution in [3.63, 3.8) is 0 Å². The highest BCUT2D eigenvalue weighted by Crippen LogP contribution is 2.24. The number of nitrogens with two attached hydrogens (primary N) is 1. The number of benzene rings is 1. The number of sulfonamides is 1. The number of rotatable bonds is 7. The molecule has 0 heterocycles. The average molecular weight is 351 g/mol. The maximum Gasteiger partial charge on any atom is 0.243 e. The van der Waals surface area contributed by atoms with Crippen molar-refractivity contribution in [2.24, 2.45) is 5.73 Å². The maximum absolute atomic E-state index is 13.8.